The zero-order valence-electron chi connectivity index (χ0n) is 19.1. The van der Waals surface area contributed by atoms with Gasteiger partial charge in [0, 0.05) is 0 Å². The summed E-state index contributed by atoms with van der Waals surface area (Å²) in [5.74, 6) is -1.10. The van der Waals surface area contributed by atoms with Crippen molar-refractivity contribution in [2.75, 3.05) is 6.61 Å². The minimum absolute atomic E-state index is 0.233. The SMILES string of the molecule is C=CCOC1C[C@@]12C(=O)N1[C@@H](C(=O)OC(c3ccccc3)c3ccccc3)C(C)(C)S(=O)(=O)[C@@H]12. The predicted molar refractivity (Wildman–Crippen MR) is 125 cm³/mol. The number of hydrogen-bond acceptors (Lipinski definition) is 6. The number of amides is 1. The molecule has 0 aromatic heterocycles. The average molecular weight is 482 g/mol. The molecule has 1 aliphatic carbocycles. The van der Waals surface area contributed by atoms with E-state index in [1.54, 1.807) is 6.08 Å². The molecule has 2 aliphatic heterocycles. The van der Waals surface area contributed by atoms with Crippen molar-refractivity contribution >= 4 is 21.7 Å². The maximum absolute atomic E-state index is 13.6. The van der Waals surface area contributed by atoms with Gasteiger partial charge in [0.2, 0.25) is 5.91 Å². The number of fused-ring (bicyclic) bond motifs is 2. The summed E-state index contributed by atoms with van der Waals surface area (Å²) in [7, 11) is -3.86. The fraction of sp³-hybridized carbons (Fsp3) is 0.385. The molecular formula is C26H27NO6S. The van der Waals surface area contributed by atoms with Gasteiger partial charge in [0.05, 0.1) is 17.5 Å². The number of rotatable bonds is 7. The maximum atomic E-state index is 13.6. The third-order valence-electron chi connectivity index (χ3n) is 7.30. The largest absolute Gasteiger partial charge is 0.451 e. The smallest absolute Gasteiger partial charge is 0.331 e. The molecule has 1 spiro atoms. The molecule has 1 amide bonds. The maximum Gasteiger partial charge on any atom is 0.331 e. The number of β-lactam (4-membered cyclic amide) rings is 1. The molecule has 34 heavy (non-hydrogen) atoms. The topological polar surface area (TPSA) is 90.0 Å². The Morgan fingerprint density at radius 1 is 1.12 bits per heavy atom. The second-order valence-electron chi connectivity index (χ2n) is 9.61. The van der Waals surface area contributed by atoms with Gasteiger partial charge in [-0.25, -0.2) is 13.2 Å². The van der Waals surface area contributed by atoms with Gasteiger partial charge < -0.3 is 14.4 Å². The van der Waals surface area contributed by atoms with Gasteiger partial charge in [0.25, 0.3) is 0 Å². The second-order valence-corrected chi connectivity index (χ2v) is 12.2. The van der Waals surface area contributed by atoms with Crippen molar-refractivity contribution in [3.05, 3.63) is 84.4 Å². The van der Waals surface area contributed by atoms with Crippen LogP contribution in [-0.4, -0.2) is 54.1 Å². The first-order valence-corrected chi connectivity index (χ1v) is 12.8. The van der Waals surface area contributed by atoms with Gasteiger partial charge >= 0.3 is 5.97 Å². The van der Waals surface area contributed by atoms with Crippen molar-refractivity contribution in [2.24, 2.45) is 5.41 Å². The van der Waals surface area contributed by atoms with Crippen LogP contribution >= 0.6 is 0 Å². The Hall–Kier alpha value is -2.97. The van der Waals surface area contributed by atoms with Crippen LogP contribution < -0.4 is 0 Å². The van der Waals surface area contributed by atoms with Crippen LogP contribution in [0, 0.1) is 5.41 Å². The molecule has 178 valence electrons. The molecule has 8 heteroatoms. The minimum Gasteiger partial charge on any atom is -0.451 e. The van der Waals surface area contributed by atoms with E-state index in [-0.39, 0.29) is 12.5 Å². The number of sulfone groups is 1. The van der Waals surface area contributed by atoms with Crippen LogP contribution in [0.2, 0.25) is 0 Å². The molecule has 0 N–H and O–H groups in total. The van der Waals surface area contributed by atoms with Gasteiger partial charge in [-0.05, 0) is 31.4 Å². The lowest BCUT2D eigenvalue weighted by Gasteiger charge is -2.44. The summed E-state index contributed by atoms with van der Waals surface area (Å²) in [6.07, 6.45) is 0.672. The number of carbonyl (C=O) groups is 2. The number of hydrogen-bond donors (Lipinski definition) is 0. The van der Waals surface area contributed by atoms with Gasteiger partial charge in [-0.1, -0.05) is 66.7 Å². The first-order valence-electron chi connectivity index (χ1n) is 11.3. The summed E-state index contributed by atoms with van der Waals surface area (Å²) < 4.78 is 37.2. The molecule has 2 aromatic rings. The lowest BCUT2D eigenvalue weighted by atomic mass is 9.88. The molecule has 2 heterocycles. The predicted octanol–water partition coefficient (Wildman–Crippen LogP) is 3.02. The highest BCUT2D eigenvalue weighted by Gasteiger charge is 2.86. The molecule has 1 unspecified atom stereocenters. The van der Waals surface area contributed by atoms with Crippen LogP contribution in [0.3, 0.4) is 0 Å². The van der Waals surface area contributed by atoms with Crippen LogP contribution in [0.25, 0.3) is 0 Å². The zero-order chi connectivity index (χ0) is 24.3. The van der Waals surface area contributed by atoms with Crippen molar-refractivity contribution in [3.63, 3.8) is 0 Å². The molecule has 1 saturated carbocycles. The minimum atomic E-state index is -3.86. The third kappa shape index (κ3) is 3.01. The number of nitrogens with zero attached hydrogens (tertiary/aromatic N) is 1. The van der Waals surface area contributed by atoms with E-state index in [1.165, 1.54) is 18.7 Å². The van der Waals surface area contributed by atoms with E-state index in [2.05, 4.69) is 6.58 Å². The molecule has 2 saturated heterocycles. The lowest BCUT2D eigenvalue weighted by molar-refractivity contribution is -0.172. The number of benzene rings is 2. The van der Waals surface area contributed by atoms with Crippen LogP contribution in [-0.2, 0) is 28.9 Å². The molecule has 5 rings (SSSR count). The molecule has 7 nitrogen and oxygen atoms in total. The van der Waals surface area contributed by atoms with Crippen molar-refractivity contribution in [2.45, 2.75) is 48.6 Å². The van der Waals surface area contributed by atoms with E-state index in [1.807, 2.05) is 60.7 Å². The normalized spacial score (nSPS) is 30.0. The Labute approximate surface area is 199 Å². The highest BCUT2D eigenvalue weighted by atomic mass is 32.2. The summed E-state index contributed by atoms with van der Waals surface area (Å²) in [5.41, 5.74) is 0.402. The van der Waals surface area contributed by atoms with Gasteiger partial charge in [0.1, 0.15) is 11.5 Å². The van der Waals surface area contributed by atoms with Crippen LogP contribution in [0.4, 0.5) is 0 Å². The van der Waals surface area contributed by atoms with E-state index < -0.39 is 49.6 Å². The summed E-state index contributed by atoms with van der Waals surface area (Å²) in [5, 5.41) is -1.08. The Bertz CT molecular complexity index is 1200. The number of ether oxygens (including phenoxy) is 2. The Balaban J connectivity index is 1.47. The first-order chi connectivity index (χ1) is 16.2. The summed E-state index contributed by atoms with van der Waals surface area (Å²) in [6.45, 7) is 6.83. The number of esters is 1. The van der Waals surface area contributed by atoms with E-state index in [0.29, 0.717) is 6.42 Å². The Morgan fingerprint density at radius 3 is 2.21 bits per heavy atom. The molecular weight excluding hydrogens is 454 g/mol. The Kier molecular flexibility index (Phi) is 5.22. The quantitative estimate of drug-likeness (QED) is 0.343. The summed E-state index contributed by atoms with van der Waals surface area (Å²) >= 11 is 0. The van der Waals surface area contributed by atoms with Crippen LogP contribution in [0.5, 0.6) is 0 Å². The van der Waals surface area contributed by atoms with Crippen LogP contribution in [0.15, 0.2) is 73.3 Å². The van der Waals surface area contributed by atoms with E-state index in [9.17, 15) is 18.0 Å². The van der Waals surface area contributed by atoms with Crippen molar-refractivity contribution in [1.82, 2.24) is 4.90 Å². The monoisotopic (exact) mass is 481 g/mol. The summed E-state index contributed by atoms with van der Waals surface area (Å²) in [4.78, 5) is 28.1. The summed E-state index contributed by atoms with van der Waals surface area (Å²) in [6, 6.07) is 17.3. The molecule has 0 bridgehead atoms. The zero-order valence-corrected chi connectivity index (χ0v) is 19.9. The molecule has 4 atom stereocenters. The average Bonchev–Trinajstić information content (AvgIpc) is 3.54. The Morgan fingerprint density at radius 2 is 1.68 bits per heavy atom. The molecule has 2 aromatic carbocycles. The molecule has 3 fully saturated rings. The van der Waals surface area contributed by atoms with Gasteiger partial charge in [0.15, 0.2) is 21.3 Å². The fourth-order valence-corrected chi connectivity index (χ4v) is 7.89. The standard InChI is InChI=1S/C26H27NO6S/c1-4-15-32-19-16-26(19)23(29)27-21(25(2,3)34(30,31)24(26)27)22(28)33-20(17-11-7-5-8-12-17)18-13-9-6-10-14-18/h4-14,19-21,24H,1,15-16H2,2-3H3/t19?,21-,24+,26-/m0/s1. The van der Waals surface area contributed by atoms with Crippen molar-refractivity contribution < 1.29 is 27.5 Å². The van der Waals surface area contributed by atoms with E-state index in [0.717, 1.165) is 11.1 Å². The van der Waals surface area contributed by atoms with Gasteiger partial charge in [-0.15, -0.1) is 6.58 Å². The number of carbonyl (C=O) groups excluding carboxylic acids is 2. The molecule has 3 aliphatic rings. The van der Waals surface area contributed by atoms with Gasteiger partial charge in [-0.3, -0.25) is 4.79 Å². The lowest BCUT2D eigenvalue weighted by Crippen LogP contribution is -2.66. The van der Waals surface area contributed by atoms with Crippen molar-refractivity contribution in [3.8, 4) is 0 Å². The van der Waals surface area contributed by atoms with Crippen LogP contribution in [0.1, 0.15) is 37.5 Å². The molecule has 0 radical (unpaired) electrons. The second kappa shape index (κ2) is 7.78. The van der Waals surface area contributed by atoms with E-state index in [4.69, 9.17) is 9.47 Å². The fourth-order valence-electron chi connectivity index (χ4n) is 5.38. The van der Waals surface area contributed by atoms with Gasteiger partial charge in [-0.2, -0.15) is 0 Å². The highest BCUT2D eigenvalue weighted by molar-refractivity contribution is 7.94. The van der Waals surface area contributed by atoms with Crippen molar-refractivity contribution in [1.29, 1.82) is 0 Å². The third-order valence-corrected chi connectivity index (χ3v) is 10.2. The highest BCUT2D eigenvalue weighted by Crippen LogP contribution is 2.67. The van der Waals surface area contributed by atoms with E-state index >= 15 is 0 Å². The first kappa shape index (κ1) is 22.8.